The number of esters is 1. The number of piperazine rings is 1. The summed E-state index contributed by atoms with van der Waals surface area (Å²) in [4.78, 5) is 39.7. The summed E-state index contributed by atoms with van der Waals surface area (Å²) in [6.45, 7) is 6.55. The Morgan fingerprint density at radius 1 is 1.15 bits per heavy atom. The van der Waals surface area contributed by atoms with Crippen LogP contribution in [0.5, 0.6) is 0 Å². The van der Waals surface area contributed by atoms with Crippen LogP contribution in [0.2, 0.25) is 5.02 Å². The van der Waals surface area contributed by atoms with Crippen molar-refractivity contribution >= 4 is 29.4 Å². The van der Waals surface area contributed by atoms with E-state index in [2.05, 4.69) is 6.58 Å². The van der Waals surface area contributed by atoms with Gasteiger partial charge in [-0.1, -0.05) is 17.7 Å². The minimum absolute atomic E-state index is 0.0987. The lowest BCUT2D eigenvalue weighted by Crippen LogP contribution is -2.51. The van der Waals surface area contributed by atoms with Crippen LogP contribution in [0.1, 0.15) is 17.3 Å². The highest BCUT2D eigenvalue weighted by atomic mass is 35.5. The lowest BCUT2D eigenvalue weighted by Gasteiger charge is -2.34. The van der Waals surface area contributed by atoms with Gasteiger partial charge in [0.15, 0.2) is 12.7 Å². The molecule has 1 heterocycles. The predicted molar refractivity (Wildman–Crippen MR) is 101 cm³/mol. The Bertz CT molecular complexity index is 684. The molecule has 0 spiro atoms. The molecule has 1 aromatic carbocycles. The molecule has 1 atom stereocenters. The number of hydrogen-bond donors (Lipinski definition) is 0. The fourth-order valence-electron chi connectivity index (χ4n) is 2.56. The predicted octanol–water partition coefficient (Wildman–Crippen LogP) is 1.76. The average molecular weight is 395 g/mol. The number of amides is 2. The van der Waals surface area contributed by atoms with Crippen LogP contribution in [0, 0.1) is 0 Å². The van der Waals surface area contributed by atoms with E-state index < -0.39 is 12.1 Å². The molecule has 0 N–H and O–H groups in total. The maximum Gasteiger partial charge on any atom is 0.335 e. The number of benzene rings is 1. The first kappa shape index (κ1) is 20.9. The number of hydrogen-bond acceptors (Lipinski definition) is 5. The number of nitrogens with zero attached hydrogens (tertiary/aromatic N) is 2. The molecule has 8 heteroatoms. The lowest BCUT2D eigenvalue weighted by molar-refractivity contribution is -0.161. The van der Waals surface area contributed by atoms with Crippen molar-refractivity contribution in [3.8, 4) is 0 Å². The monoisotopic (exact) mass is 394 g/mol. The van der Waals surface area contributed by atoms with Crippen molar-refractivity contribution in [2.75, 3.05) is 39.4 Å². The summed E-state index contributed by atoms with van der Waals surface area (Å²) in [6.07, 6.45) is 0.768. The second-order valence-electron chi connectivity index (χ2n) is 6.05. The average Bonchev–Trinajstić information content (AvgIpc) is 2.70. The minimum atomic E-state index is -0.760. The van der Waals surface area contributed by atoms with Crippen molar-refractivity contribution in [1.29, 1.82) is 0 Å². The normalized spacial score (nSPS) is 15.2. The summed E-state index contributed by atoms with van der Waals surface area (Å²) in [5, 5.41) is 0.570. The Morgan fingerprint density at radius 3 is 2.33 bits per heavy atom. The van der Waals surface area contributed by atoms with E-state index in [9.17, 15) is 14.4 Å². The zero-order chi connectivity index (χ0) is 19.8. The van der Waals surface area contributed by atoms with Crippen LogP contribution >= 0.6 is 11.6 Å². The van der Waals surface area contributed by atoms with Gasteiger partial charge in [0.25, 0.3) is 11.8 Å². The molecule has 1 fully saturated rings. The van der Waals surface area contributed by atoms with E-state index in [1.807, 2.05) is 0 Å². The minimum Gasteiger partial charge on any atom is -0.454 e. The topological polar surface area (TPSA) is 76.2 Å². The van der Waals surface area contributed by atoms with Crippen LogP contribution in [-0.2, 0) is 19.1 Å². The van der Waals surface area contributed by atoms with Gasteiger partial charge in [-0.3, -0.25) is 9.59 Å². The highest BCUT2D eigenvalue weighted by Gasteiger charge is 2.26. The maximum atomic E-state index is 12.5. The number of carbonyl (C=O) groups excluding carboxylic acids is 3. The summed E-state index contributed by atoms with van der Waals surface area (Å²) >= 11 is 5.84. The zero-order valence-electron chi connectivity index (χ0n) is 15.2. The first-order valence-electron chi connectivity index (χ1n) is 8.64. The third-order valence-electron chi connectivity index (χ3n) is 4.14. The van der Waals surface area contributed by atoms with Gasteiger partial charge in [0, 0.05) is 36.8 Å². The second kappa shape index (κ2) is 10.1. The van der Waals surface area contributed by atoms with E-state index in [0.717, 1.165) is 0 Å². The maximum absolute atomic E-state index is 12.5. The largest absolute Gasteiger partial charge is 0.454 e. The quantitative estimate of drug-likeness (QED) is 0.520. The highest BCUT2D eigenvalue weighted by Crippen LogP contribution is 2.13. The van der Waals surface area contributed by atoms with Gasteiger partial charge in [-0.15, -0.1) is 6.58 Å². The van der Waals surface area contributed by atoms with Gasteiger partial charge in [0.2, 0.25) is 0 Å². The van der Waals surface area contributed by atoms with Crippen LogP contribution in [0.4, 0.5) is 0 Å². The first-order chi connectivity index (χ1) is 12.9. The van der Waals surface area contributed by atoms with Crippen LogP contribution in [0.3, 0.4) is 0 Å². The smallest absolute Gasteiger partial charge is 0.335 e. The second-order valence-corrected chi connectivity index (χ2v) is 6.49. The summed E-state index contributed by atoms with van der Waals surface area (Å²) in [5.41, 5.74) is 0.557. The number of halogens is 1. The molecule has 0 saturated carbocycles. The molecule has 27 heavy (non-hydrogen) atoms. The molecule has 1 aromatic rings. The van der Waals surface area contributed by atoms with Crippen LogP contribution in [-0.4, -0.2) is 73.1 Å². The van der Waals surface area contributed by atoms with E-state index in [1.165, 1.54) is 6.08 Å². The molecule has 0 radical (unpaired) electrons. The van der Waals surface area contributed by atoms with E-state index in [0.29, 0.717) is 36.8 Å². The van der Waals surface area contributed by atoms with E-state index in [4.69, 9.17) is 21.1 Å². The van der Waals surface area contributed by atoms with Crippen molar-refractivity contribution in [2.45, 2.75) is 13.0 Å². The number of rotatable bonds is 7. The highest BCUT2D eigenvalue weighted by molar-refractivity contribution is 6.30. The van der Waals surface area contributed by atoms with Crippen molar-refractivity contribution in [1.82, 2.24) is 9.80 Å². The third kappa shape index (κ3) is 6.08. The molecule has 2 amide bonds. The van der Waals surface area contributed by atoms with Crippen LogP contribution in [0.25, 0.3) is 0 Å². The van der Waals surface area contributed by atoms with Crippen LogP contribution in [0.15, 0.2) is 36.9 Å². The van der Waals surface area contributed by atoms with Crippen molar-refractivity contribution in [3.63, 3.8) is 0 Å². The molecule has 7 nitrogen and oxygen atoms in total. The Kier molecular flexibility index (Phi) is 7.82. The van der Waals surface area contributed by atoms with E-state index >= 15 is 0 Å². The molecule has 1 aliphatic heterocycles. The van der Waals surface area contributed by atoms with Gasteiger partial charge in [0.1, 0.15) is 0 Å². The van der Waals surface area contributed by atoms with E-state index in [1.54, 1.807) is 41.0 Å². The molecule has 1 saturated heterocycles. The summed E-state index contributed by atoms with van der Waals surface area (Å²) < 4.78 is 10.1. The first-order valence-corrected chi connectivity index (χ1v) is 9.02. The number of carbonyl (C=O) groups is 3. The molecular weight excluding hydrogens is 372 g/mol. The van der Waals surface area contributed by atoms with Gasteiger partial charge in [-0.25, -0.2) is 4.79 Å². The summed E-state index contributed by atoms with van der Waals surface area (Å²) in [5.74, 6) is -0.988. The van der Waals surface area contributed by atoms with Crippen molar-refractivity contribution < 1.29 is 23.9 Å². The van der Waals surface area contributed by atoms with Gasteiger partial charge >= 0.3 is 5.97 Å². The fraction of sp³-hybridized carbons (Fsp3) is 0.421. The van der Waals surface area contributed by atoms with Gasteiger partial charge < -0.3 is 19.3 Å². The Labute approximate surface area is 163 Å². The van der Waals surface area contributed by atoms with Crippen molar-refractivity contribution in [2.24, 2.45) is 0 Å². The molecule has 0 bridgehead atoms. The zero-order valence-corrected chi connectivity index (χ0v) is 16.0. The molecule has 1 aliphatic rings. The van der Waals surface area contributed by atoms with Gasteiger partial charge in [0.05, 0.1) is 6.61 Å². The Balaban J connectivity index is 1.76. The standard InChI is InChI=1S/C19H23ClN2O5/c1-3-12-26-14(2)19(25)27-13-17(23)21-8-10-22(11-9-21)18(24)15-4-6-16(20)7-5-15/h3-7,14H,1,8-13H2,2H3. The molecule has 0 aromatic heterocycles. The molecular formula is C19H23ClN2O5. The molecule has 1 unspecified atom stereocenters. The third-order valence-corrected chi connectivity index (χ3v) is 4.40. The van der Waals surface area contributed by atoms with Crippen LogP contribution < -0.4 is 0 Å². The molecule has 0 aliphatic carbocycles. The lowest BCUT2D eigenvalue weighted by atomic mass is 10.2. The summed E-state index contributed by atoms with van der Waals surface area (Å²) in [7, 11) is 0. The SMILES string of the molecule is C=CCOC(C)C(=O)OCC(=O)N1CCN(C(=O)c2ccc(Cl)cc2)CC1. The van der Waals surface area contributed by atoms with Gasteiger partial charge in [-0.2, -0.15) is 0 Å². The fourth-order valence-corrected chi connectivity index (χ4v) is 2.68. The Hall–Kier alpha value is -2.38. The van der Waals surface area contributed by atoms with E-state index in [-0.39, 0.29) is 25.0 Å². The molecule has 146 valence electrons. The number of ether oxygens (including phenoxy) is 2. The van der Waals surface area contributed by atoms with Crippen molar-refractivity contribution in [3.05, 3.63) is 47.5 Å². The molecule has 2 rings (SSSR count). The summed E-state index contributed by atoms with van der Waals surface area (Å²) in [6, 6.07) is 6.69. The Morgan fingerprint density at radius 2 is 1.74 bits per heavy atom. The van der Waals surface area contributed by atoms with Gasteiger partial charge in [-0.05, 0) is 31.2 Å².